The fraction of sp³-hybridized carbons (Fsp3) is 0.348. The summed E-state index contributed by atoms with van der Waals surface area (Å²) in [5, 5.41) is 12.2. The lowest BCUT2D eigenvalue weighted by atomic mass is 10.0. The molecule has 0 saturated carbocycles. The van der Waals surface area contributed by atoms with E-state index >= 15 is 0 Å². The molecule has 1 fully saturated rings. The van der Waals surface area contributed by atoms with Crippen LogP contribution in [0.5, 0.6) is 11.5 Å². The minimum absolute atomic E-state index is 0.142. The number of anilines is 1. The number of ether oxygens (including phenoxy) is 2. The highest BCUT2D eigenvalue weighted by Crippen LogP contribution is 2.38. The Kier molecular flexibility index (Phi) is 5.57. The monoisotopic (exact) mass is 436 g/mol. The molecular formula is C23H24N4O3S. The van der Waals surface area contributed by atoms with Crippen molar-refractivity contribution in [2.75, 3.05) is 25.1 Å². The molecule has 31 heavy (non-hydrogen) atoms. The van der Waals surface area contributed by atoms with E-state index in [1.165, 1.54) is 35.8 Å². The molecule has 2 aliphatic rings. The number of hydrogen-bond acceptors (Lipinski definition) is 7. The molecule has 0 unspecified atom stereocenters. The summed E-state index contributed by atoms with van der Waals surface area (Å²) in [5.41, 5.74) is 3.56. The summed E-state index contributed by atoms with van der Waals surface area (Å²) in [4.78, 5) is 13.7. The van der Waals surface area contributed by atoms with Crippen molar-refractivity contribution in [2.24, 2.45) is 0 Å². The Labute approximate surface area is 185 Å². The third-order valence-electron chi connectivity index (χ3n) is 5.61. The summed E-state index contributed by atoms with van der Waals surface area (Å²) in [6.07, 6.45) is 2.34. The Balaban J connectivity index is 1.28. The van der Waals surface area contributed by atoms with Crippen LogP contribution >= 0.6 is 11.3 Å². The number of rotatable bonds is 5. The predicted molar refractivity (Wildman–Crippen MR) is 119 cm³/mol. The van der Waals surface area contributed by atoms with E-state index in [9.17, 15) is 4.79 Å². The van der Waals surface area contributed by atoms with Gasteiger partial charge in [-0.3, -0.25) is 9.69 Å². The van der Waals surface area contributed by atoms with Gasteiger partial charge < -0.3 is 14.8 Å². The molecule has 0 aliphatic carbocycles. The second-order valence-corrected chi connectivity index (χ2v) is 8.80. The lowest BCUT2D eigenvalue weighted by Crippen LogP contribution is -2.23. The number of nitrogens with zero attached hydrogens (tertiary/aromatic N) is 3. The normalized spacial score (nSPS) is 18.2. The van der Waals surface area contributed by atoms with Gasteiger partial charge in [0.2, 0.25) is 11.0 Å². The standard InChI is InChI=1S/C23H24N4O3S/c1-15(28)24-23-26-25-22(31-23)17-6-4-16(5-7-17)14-27-10-2-3-19(27)18-8-9-20-21(13-18)30-12-11-29-20/h4-9,13,19H,2-3,10-12,14H2,1H3,(H,24,26,28)/t19-/m1/s1. The van der Waals surface area contributed by atoms with Crippen molar-refractivity contribution < 1.29 is 14.3 Å². The molecule has 5 rings (SSSR count). The molecule has 1 N–H and O–H groups in total. The third-order valence-corrected chi connectivity index (χ3v) is 6.50. The average molecular weight is 437 g/mol. The highest BCUT2D eigenvalue weighted by Gasteiger charge is 2.27. The number of hydrogen-bond donors (Lipinski definition) is 1. The Bertz CT molecular complexity index is 1080. The first kappa shape index (κ1) is 20.0. The molecule has 0 radical (unpaired) electrons. The molecule has 1 amide bonds. The molecule has 2 aliphatic heterocycles. The van der Waals surface area contributed by atoms with Crippen LogP contribution in [0.4, 0.5) is 5.13 Å². The molecule has 3 aromatic rings. The number of nitrogens with one attached hydrogen (secondary N) is 1. The van der Waals surface area contributed by atoms with E-state index in [2.05, 4.69) is 56.8 Å². The van der Waals surface area contributed by atoms with Crippen molar-refractivity contribution >= 4 is 22.4 Å². The van der Waals surface area contributed by atoms with Gasteiger partial charge in [0, 0.05) is 25.1 Å². The fourth-order valence-corrected chi connectivity index (χ4v) is 4.98. The van der Waals surface area contributed by atoms with Crippen molar-refractivity contribution in [1.82, 2.24) is 15.1 Å². The van der Waals surface area contributed by atoms with Gasteiger partial charge in [-0.2, -0.15) is 0 Å². The number of carbonyl (C=O) groups is 1. The van der Waals surface area contributed by atoms with E-state index in [-0.39, 0.29) is 5.91 Å². The van der Waals surface area contributed by atoms with Gasteiger partial charge in [-0.15, -0.1) is 10.2 Å². The van der Waals surface area contributed by atoms with E-state index in [4.69, 9.17) is 9.47 Å². The predicted octanol–water partition coefficient (Wildman–Crippen LogP) is 4.27. The zero-order valence-electron chi connectivity index (χ0n) is 17.3. The number of amides is 1. The fourth-order valence-electron chi connectivity index (χ4n) is 4.19. The quantitative estimate of drug-likeness (QED) is 0.644. The van der Waals surface area contributed by atoms with Crippen LogP contribution in [0.15, 0.2) is 42.5 Å². The molecular weight excluding hydrogens is 412 g/mol. The maximum absolute atomic E-state index is 11.2. The summed E-state index contributed by atoms with van der Waals surface area (Å²) in [5.74, 6) is 1.56. The lowest BCUT2D eigenvalue weighted by Gasteiger charge is -2.26. The van der Waals surface area contributed by atoms with Crippen LogP contribution in [0.25, 0.3) is 10.6 Å². The van der Waals surface area contributed by atoms with Crippen LogP contribution in [0.3, 0.4) is 0 Å². The molecule has 3 heterocycles. The largest absolute Gasteiger partial charge is 0.486 e. The average Bonchev–Trinajstić information content (AvgIpc) is 3.43. The molecule has 7 nitrogen and oxygen atoms in total. The summed E-state index contributed by atoms with van der Waals surface area (Å²) < 4.78 is 11.4. The molecule has 0 bridgehead atoms. The van der Waals surface area contributed by atoms with E-state index < -0.39 is 0 Å². The Morgan fingerprint density at radius 1 is 1.13 bits per heavy atom. The van der Waals surface area contributed by atoms with Crippen LogP contribution < -0.4 is 14.8 Å². The van der Waals surface area contributed by atoms with Gasteiger partial charge in [0.25, 0.3) is 0 Å². The van der Waals surface area contributed by atoms with Crippen LogP contribution in [-0.2, 0) is 11.3 Å². The van der Waals surface area contributed by atoms with Crippen LogP contribution in [0.2, 0.25) is 0 Å². The van der Waals surface area contributed by atoms with Gasteiger partial charge in [-0.1, -0.05) is 41.7 Å². The Morgan fingerprint density at radius 2 is 1.94 bits per heavy atom. The summed E-state index contributed by atoms with van der Waals surface area (Å²) >= 11 is 1.38. The first-order valence-electron chi connectivity index (χ1n) is 10.5. The molecule has 8 heteroatoms. The molecule has 0 spiro atoms. The lowest BCUT2D eigenvalue weighted by molar-refractivity contribution is -0.114. The van der Waals surface area contributed by atoms with E-state index in [0.29, 0.717) is 24.4 Å². The molecule has 1 atom stereocenters. The first-order valence-corrected chi connectivity index (χ1v) is 11.3. The van der Waals surface area contributed by atoms with Crippen molar-refractivity contribution in [2.45, 2.75) is 32.4 Å². The molecule has 1 aromatic heterocycles. The molecule has 160 valence electrons. The van der Waals surface area contributed by atoms with Crippen LogP contribution in [-0.4, -0.2) is 40.8 Å². The smallest absolute Gasteiger partial charge is 0.223 e. The minimum atomic E-state index is -0.142. The van der Waals surface area contributed by atoms with Gasteiger partial charge in [0.15, 0.2) is 11.5 Å². The third kappa shape index (κ3) is 4.40. The number of aromatic nitrogens is 2. The van der Waals surface area contributed by atoms with E-state index in [1.807, 2.05) is 6.07 Å². The van der Waals surface area contributed by atoms with Crippen molar-refractivity contribution in [3.8, 4) is 22.1 Å². The SMILES string of the molecule is CC(=O)Nc1nnc(-c2ccc(CN3CCC[C@@H]3c3ccc4c(c3)OCCO4)cc2)s1. The van der Waals surface area contributed by atoms with E-state index in [0.717, 1.165) is 41.6 Å². The van der Waals surface area contributed by atoms with Gasteiger partial charge >= 0.3 is 0 Å². The maximum Gasteiger partial charge on any atom is 0.223 e. The number of benzene rings is 2. The van der Waals surface area contributed by atoms with Gasteiger partial charge in [-0.25, -0.2) is 0 Å². The first-order chi connectivity index (χ1) is 15.2. The minimum Gasteiger partial charge on any atom is -0.486 e. The summed E-state index contributed by atoms with van der Waals surface area (Å²) in [6.45, 7) is 4.66. The highest BCUT2D eigenvalue weighted by molar-refractivity contribution is 7.18. The maximum atomic E-state index is 11.2. The zero-order chi connectivity index (χ0) is 21.2. The van der Waals surface area contributed by atoms with Gasteiger partial charge in [0.05, 0.1) is 0 Å². The van der Waals surface area contributed by atoms with Crippen LogP contribution in [0, 0.1) is 0 Å². The molecule has 1 saturated heterocycles. The second kappa shape index (κ2) is 8.64. The van der Waals surface area contributed by atoms with Crippen molar-refractivity contribution in [1.29, 1.82) is 0 Å². The van der Waals surface area contributed by atoms with Gasteiger partial charge in [-0.05, 0) is 42.6 Å². The topological polar surface area (TPSA) is 76.6 Å². The number of carbonyl (C=O) groups excluding carboxylic acids is 1. The molecule has 2 aromatic carbocycles. The van der Waals surface area contributed by atoms with Crippen molar-refractivity contribution in [3.05, 3.63) is 53.6 Å². The Morgan fingerprint density at radius 3 is 2.74 bits per heavy atom. The van der Waals surface area contributed by atoms with Crippen molar-refractivity contribution in [3.63, 3.8) is 0 Å². The van der Waals surface area contributed by atoms with Gasteiger partial charge in [0.1, 0.15) is 18.2 Å². The van der Waals surface area contributed by atoms with Crippen LogP contribution in [0.1, 0.15) is 36.9 Å². The second-order valence-electron chi connectivity index (χ2n) is 7.82. The summed E-state index contributed by atoms with van der Waals surface area (Å²) in [7, 11) is 0. The Hall–Kier alpha value is -2.97. The summed E-state index contributed by atoms with van der Waals surface area (Å²) in [6, 6.07) is 15.2. The zero-order valence-corrected chi connectivity index (χ0v) is 18.2. The van der Waals surface area contributed by atoms with E-state index in [1.54, 1.807) is 0 Å². The highest BCUT2D eigenvalue weighted by atomic mass is 32.1. The number of fused-ring (bicyclic) bond motifs is 1. The number of likely N-dealkylation sites (tertiary alicyclic amines) is 1.